The van der Waals surface area contributed by atoms with Crippen LogP contribution in [0.3, 0.4) is 0 Å². The van der Waals surface area contributed by atoms with Gasteiger partial charge in [-0.05, 0) is 42.0 Å². The van der Waals surface area contributed by atoms with E-state index in [1.165, 1.54) is 22.6 Å². The second kappa shape index (κ2) is 8.65. The number of carbonyl (C=O) groups is 2. The van der Waals surface area contributed by atoms with E-state index in [1.54, 1.807) is 24.9 Å². The van der Waals surface area contributed by atoms with Crippen LogP contribution in [-0.2, 0) is 16.1 Å². The Morgan fingerprint density at radius 3 is 2.89 bits per heavy atom. The maximum atomic E-state index is 12.5. The summed E-state index contributed by atoms with van der Waals surface area (Å²) in [7, 11) is 1.55. The molecular formula is C17H20N8O2S. The van der Waals surface area contributed by atoms with Crippen molar-refractivity contribution in [3.05, 3.63) is 42.2 Å². The van der Waals surface area contributed by atoms with Crippen LogP contribution >= 0.6 is 11.8 Å². The SMILES string of the molecule is CNC(=O)Cn1cc(NC(=O)C(C)Sc2nnnn2-c2cccc(C)c2)cn1. The summed E-state index contributed by atoms with van der Waals surface area (Å²) >= 11 is 1.25. The van der Waals surface area contributed by atoms with E-state index in [-0.39, 0.29) is 18.4 Å². The van der Waals surface area contributed by atoms with Crippen LogP contribution in [0.25, 0.3) is 5.69 Å². The molecule has 1 unspecified atom stereocenters. The van der Waals surface area contributed by atoms with Gasteiger partial charge in [0.1, 0.15) is 6.54 Å². The molecule has 0 spiro atoms. The van der Waals surface area contributed by atoms with Gasteiger partial charge in [-0.15, -0.1) is 5.10 Å². The van der Waals surface area contributed by atoms with Gasteiger partial charge in [0, 0.05) is 13.2 Å². The number of aryl methyl sites for hydroxylation is 1. The maximum Gasteiger partial charge on any atom is 0.241 e. The molecule has 0 aliphatic heterocycles. The van der Waals surface area contributed by atoms with Gasteiger partial charge in [0.05, 0.1) is 22.8 Å². The van der Waals surface area contributed by atoms with Gasteiger partial charge in [0.25, 0.3) is 0 Å². The number of hydrogen-bond donors (Lipinski definition) is 2. The predicted molar refractivity (Wildman–Crippen MR) is 104 cm³/mol. The zero-order valence-corrected chi connectivity index (χ0v) is 16.5. The van der Waals surface area contributed by atoms with Gasteiger partial charge in [-0.2, -0.15) is 9.78 Å². The van der Waals surface area contributed by atoms with E-state index >= 15 is 0 Å². The summed E-state index contributed by atoms with van der Waals surface area (Å²) < 4.78 is 3.05. The second-order valence-electron chi connectivity index (χ2n) is 6.06. The van der Waals surface area contributed by atoms with Crippen molar-refractivity contribution < 1.29 is 9.59 Å². The van der Waals surface area contributed by atoms with E-state index in [0.29, 0.717) is 10.8 Å². The normalized spacial score (nSPS) is 11.8. The standard InChI is InChI=1S/C17H20N8O2S/c1-11-5-4-6-14(7-11)25-17(21-22-23-25)28-12(2)16(27)20-13-8-19-24(9-13)10-15(26)18-3/h4-9,12H,10H2,1-3H3,(H,18,26)(H,20,27). The van der Waals surface area contributed by atoms with Crippen molar-refractivity contribution >= 4 is 29.3 Å². The van der Waals surface area contributed by atoms with Crippen molar-refractivity contribution in [1.82, 2.24) is 35.3 Å². The lowest BCUT2D eigenvalue weighted by atomic mass is 10.2. The fourth-order valence-electron chi connectivity index (χ4n) is 2.37. The van der Waals surface area contributed by atoms with Crippen LogP contribution in [0.15, 0.2) is 41.8 Å². The zero-order chi connectivity index (χ0) is 20.1. The molecule has 2 heterocycles. The predicted octanol–water partition coefficient (Wildman–Crippen LogP) is 1.03. The maximum absolute atomic E-state index is 12.5. The lowest BCUT2D eigenvalue weighted by Crippen LogP contribution is -2.24. The molecule has 10 nitrogen and oxygen atoms in total. The van der Waals surface area contributed by atoms with Crippen LogP contribution in [0, 0.1) is 6.92 Å². The summed E-state index contributed by atoms with van der Waals surface area (Å²) in [5.74, 6) is -0.392. The Morgan fingerprint density at radius 2 is 2.14 bits per heavy atom. The zero-order valence-electron chi connectivity index (χ0n) is 15.7. The third-order valence-electron chi connectivity index (χ3n) is 3.82. The van der Waals surface area contributed by atoms with E-state index in [1.807, 2.05) is 31.2 Å². The van der Waals surface area contributed by atoms with Crippen LogP contribution in [0.5, 0.6) is 0 Å². The Kier molecular flexibility index (Phi) is 6.04. The van der Waals surface area contributed by atoms with Gasteiger partial charge in [0.15, 0.2) is 0 Å². The number of rotatable bonds is 7. The number of thioether (sulfide) groups is 1. The Hall–Kier alpha value is -3.21. The van der Waals surface area contributed by atoms with Gasteiger partial charge in [-0.25, -0.2) is 0 Å². The molecule has 3 aromatic rings. The number of benzene rings is 1. The molecule has 0 saturated carbocycles. The number of hydrogen-bond acceptors (Lipinski definition) is 7. The number of carbonyl (C=O) groups excluding carboxylic acids is 2. The molecule has 3 rings (SSSR count). The highest BCUT2D eigenvalue weighted by molar-refractivity contribution is 8.00. The average Bonchev–Trinajstić information content (AvgIpc) is 3.31. The molecule has 28 heavy (non-hydrogen) atoms. The first kappa shape index (κ1) is 19.5. The summed E-state index contributed by atoms with van der Waals surface area (Å²) in [5, 5.41) is 21.2. The molecule has 0 bridgehead atoms. The molecule has 0 fully saturated rings. The number of aromatic nitrogens is 6. The van der Waals surface area contributed by atoms with Crippen molar-refractivity contribution in [3.63, 3.8) is 0 Å². The van der Waals surface area contributed by atoms with E-state index in [4.69, 9.17) is 0 Å². The minimum absolute atomic E-state index is 0.0853. The summed E-state index contributed by atoms with van der Waals surface area (Å²) in [6.07, 6.45) is 3.09. The van der Waals surface area contributed by atoms with Crippen LogP contribution in [-0.4, -0.2) is 54.1 Å². The molecule has 2 N–H and O–H groups in total. The monoisotopic (exact) mass is 400 g/mol. The van der Waals surface area contributed by atoms with E-state index in [0.717, 1.165) is 11.3 Å². The summed E-state index contributed by atoms with van der Waals surface area (Å²) in [6, 6.07) is 7.78. The number of nitrogens with zero attached hydrogens (tertiary/aromatic N) is 6. The fourth-order valence-corrected chi connectivity index (χ4v) is 3.18. The minimum atomic E-state index is -0.447. The summed E-state index contributed by atoms with van der Waals surface area (Å²) in [6.45, 7) is 3.84. The first-order chi connectivity index (χ1) is 13.5. The van der Waals surface area contributed by atoms with Gasteiger partial charge in [-0.1, -0.05) is 23.9 Å². The van der Waals surface area contributed by atoms with Crippen molar-refractivity contribution in [2.45, 2.75) is 30.8 Å². The third kappa shape index (κ3) is 4.74. The Bertz CT molecular complexity index is 983. The van der Waals surface area contributed by atoms with Gasteiger partial charge in [0.2, 0.25) is 17.0 Å². The molecule has 2 amide bonds. The molecule has 2 aromatic heterocycles. The quantitative estimate of drug-likeness (QED) is 0.569. The van der Waals surface area contributed by atoms with Crippen molar-refractivity contribution in [2.24, 2.45) is 0 Å². The first-order valence-electron chi connectivity index (χ1n) is 8.52. The third-order valence-corrected chi connectivity index (χ3v) is 4.86. The smallest absolute Gasteiger partial charge is 0.241 e. The fraction of sp³-hybridized carbons (Fsp3) is 0.294. The Morgan fingerprint density at radius 1 is 1.32 bits per heavy atom. The molecule has 0 aliphatic rings. The number of anilines is 1. The highest BCUT2D eigenvalue weighted by Gasteiger charge is 2.20. The minimum Gasteiger partial charge on any atom is -0.358 e. The Balaban J connectivity index is 1.64. The highest BCUT2D eigenvalue weighted by atomic mass is 32.2. The molecule has 0 saturated heterocycles. The molecular weight excluding hydrogens is 380 g/mol. The number of likely N-dealkylation sites (N-methyl/N-ethyl adjacent to an activating group) is 1. The first-order valence-corrected chi connectivity index (χ1v) is 9.40. The van der Waals surface area contributed by atoms with Gasteiger partial charge in [-0.3, -0.25) is 14.3 Å². The van der Waals surface area contributed by atoms with Crippen LogP contribution in [0.1, 0.15) is 12.5 Å². The number of tetrazole rings is 1. The lowest BCUT2D eigenvalue weighted by molar-refractivity contribution is -0.121. The largest absolute Gasteiger partial charge is 0.358 e. The molecule has 0 aliphatic carbocycles. The molecule has 146 valence electrons. The van der Waals surface area contributed by atoms with Crippen LogP contribution in [0.4, 0.5) is 5.69 Å². The summed E-state index contributed by atoms with van der Waals surface area (Å²) in [5.41, 5.74) is 2.43. The van der Waals surface area contributed by atoms with Crippen LogP contribution < -0.4 is 10.6 Å². The van der Waals surface area contributed by atoms with E-state index in [9.17, 15) is 9.59 Å². The summed E-state index contributed by atoms with van der Waals surface area (Å²) in [4.78, 5) is 23.9. The van der Waals surface area contributed by atoms with Crippen molar-refractivity contribution in [2.75, 3.05) is 12.4 Å². The molecule has 1 aromatic carbocycles. The molecule has 1 atom stereocenters. The number of amides is 2. The average molecular weight is 400 g/mol. The van der Waals surface area contributed by atoms with E-state index in [2.05, 4.69) is 31.3 Å². The second-order valence-corrected chi connectivity index (χ2v) is 7.37. The van der Waals surface area contributed by atoms with Gasteiger partial charge < -0.3 is 10.6 Å². The number of nitrogens with one attached hydrogen (secondary N) is 2. The highest BCUT2D eigenvalue weighted by Crippen LogP contribution is 2.24. The van der Waals surface area contributed by atoms with E-state index < -0.39 is 5.25 Å². The van der Waals surface area contributed by atoms with Crippen molar-refractivity contribution in [3.8, 4) is 5.69 Å². The molecule has 11 heteroatoms. The lowest BCUT2D eigenvalue weighted by Gasteiger charge is -2.11. The topological polar surface area (TPSA) is 120 Å². The van der Waals surface area contributed by atoms with Crippen molar-refractivity contribution in [1.29, 1.82) is 0 Å². The van der Waals surface area contributed by atoms with Crippen LogP contribution in [0.2, 0.25) is 0 Å². The van der Waals surface area contributed by atoms with Gasteiger partial charge >= 0.3 is 0 Å². The Labute approximate surface area is 165 Å². The molecule has 0 radical (unpaired) electrons.